The number of aromatic nitrogens is 3. The maximum Gasteiger partial charge on any atom is 0.291 e. The van der Waals surface area contributed by atoms with E-state index in [2.05, 4.69) is 5.10 Å². The van der Waals surface area contributed by atoms with Gasteiger partial charge in [0.1, 0.15) is 12.1 Å². The number of benzene rings is 1. The maximum absolute atomic E-state index is 12.9. The van der Waals surface area contributed by atoms with Crippen LogP contribution in [-0.2, 0) is 18.4 Å². The van der Waals surface area contributed by atoms with Crippen molar-refractivity contribution in [3.8, 4) is 0 Å². The summed E-state index contributed by atoms with van der Waals surface area (Å²) in [5.41, 5.74) is 1.38. The minimum atomic E-state index is -0.209. The topological polar surface area (TPSA) is 60.1 Å². The van der Waals surface area contributed by atoms with E-state index in [1.807, 2.05) is 40.8 Å². The number of carbonyl (C=O) groups is 1. The Morgan fingerprint density at radius 2 is 1.80 bits per heavy atom. The lowest BCUT2D eigenvalue weighted by Crippen LogP contribution is -2.38. The van der Waals surface area contributed by atoms with Gasteiger partial charge in [-0.25, -0.2) is 4.68 Å². The summed E-state index contributed by atoms with van der Waals surface area (Å²) in [7, 11) is 1.88. The van der Waals surface area contributed by atoms with Crippen molar-refractivity contribution in [1.82, 2.24) is 19.2 Å². The molecule has 1 fully saturated rings. The molecule has 1 aromatic carbocycles. The Balaban J connectivity index is 1.72. The van der Waals surface area contributed by atoms with Crippen molar-refractivity contribution in [2.75, 3.05) is 13.1 Å². The molecule has 0 radical (unpaired) electrons. The van der Waals surface area contributed by atoms with Gasteiger partial charge in [-0.05, 0) is 18.9 Å². The smallest absolute Gasteiger partial charge is 0.291 e. The molecule has 130 valence electrons. The van der Waals surface area contributed by atoms with Gasteiger partial charge in [-0.1, -0.05) is 31.0 Å². The summed E-state index contributed by atoms with van der Waals surface area (Å²) in [4.78, 5) is 27.4. The Bertz CT molecular complexity index is 994. The van der Waals surface area contributed by atoms with E-state index in [0.717, 1.165) is 42.2 Å². The molecule has 0 saturated carbocycles. The van der Waals surface area contributed by atoms with Crippen LogP contribution < -0.4 is 5.56 Å². The fourth-order valence-electron chi connectivity index (χ4n) is 3.77. The van der Waals surface area contributed by atoms with E-state index in [4.69, 9.17) is 0 Å². The van der Waals surface area contributed by atoms with Gasteiger partial charge in [-0.15, -0.1) is 0 Å². The van der Waals surface area contributed by atoms with E-state index >= 15 is 0 Å². The highest BCUT2D eigenvalue weighted by atomic mass is 16.2. The summed E-state index contributed by atoms with van der Waals surface area (Å²) in [5.74, 6) is -0.0189. The molecular formula is C19H22N4O2. The van der Waals surface area contributed by atoms with Crippen molar-refractivity contribution in [3.05, 3.63) is 40.8 Å². The summed E-state index contributed by atoms with van der Waals surface area (Å²) in [6.07, 6.45) is 6.12. The summed E-state index contributed by atoms with van der Waals surface area (Å²) in [6.45, 7) is 1.57. The van der Waals surface area contributed by atoms with E-state index in [1.165, 1.54) is 17.5 Å². The first kappa shape index (κ1) is 15.9. The lowest BCUT2D eigenvalue weighted by atomic mass is 10.2. The molecule has 0 unspecified atom stereocenters. The fraction of sp³-hybridized carbons (Fsp3) is 0.421. The van der Waals surface area contributed by atoms with E-state index in [0.29, 0.717) is 5.52 Å². The molecule has 1 aliphatic heterocycles. The van der Waals surface area contributed by atoms with Crippen LogP contribution in [-0.4, -0.2) is 38.2 Å². The van der Waals surface area contributed by atoms with Gasteiger partial charge in [0.05, 0.1) is 6.20 Å². The van der Waals surface area contributed by atoms with Gasteiger partial charge in [-0.2, -0.15) is 5.10 Å². The maximum atomic E-state index is 12.9. The number of para-hydroxylation sites is 1. The molecule has 4 rings (SSSR count). The van der Waals surface area contributed by atoms with Crippen molar-refractivity contribution in [1.29, 1.82) is 0 Å². The number of nitrogens with zero attached hydrogens (tertiary/aromatic N) is 4. The number of likely N-dealkylation sites (tertiary alicyclic amines) is 1. The number of fused-ring (bicyclic) bond motifs is 3. The second kappa shape index (κ2) is 6.35. The number of rotatable bonds is 2. The molecule has 0 N–H and O–H groups in total. The Labute approximate surface area is 145 Å². The first-order valence-electron chi connectivity index (χ1n) is 8.88. The summed E-state index contributed by atoms with van der Waals surface area (Å²) >= 11 is 0. The van der Waals surface area contributed by atoms with Crippen molar-refractivity contribution >= 4 is 27.7 Å². The Morgan fingerprint density at radius 1 is 1.08 bits per heavy atom. The van der Waals surface area contributed by atoms with Crippen LogP contribution in [0.4, 0.5) is 0 Å². The molecule has 0 atom stereocenters. The SMILES string of the molecule is Cn1c2ccccc2c2cnn(CC(=O)N3CCCCCC3)c(=O)c21. The average Bonchev–Trinajstić information content (AvgIpc) is 2.80. The largest absolute Gasteiger partial charge is 0.341 e. The summed E-state index contributed by atoms with van der Waals surface area (Å²) in [6, 6.07) is 7.89. The molecule has 1 saturated heterocycles. The van der Waals surface area contributed by atoms with E-state index in [-0.39, 0.29) is 18.0 Å². The number of carbonyl (C=O) groups excluding carboxylic acids is 1. The second-order valence-corrected chi connectivity index (χ2v) is 6.74. The van der Waals surface area contributed by atoms with Gasteiger partial charge < -0.3 is 9.47 Å². The van der Waals surface area contributed by atoms with E-state index < -0.39 is 0 Å². The van der Waals surface area contributed by atoms with Crippen LogP contribution in [0.15, 0.2) is 35.3 Å². The highest BCUT2D eigenvalue weighted by Gasteiger charge is 2.19. The molecule has 6 heteroatoms. The van der Waals surface area contributed by atoms with Crippen LogP contribution >= 0.6 is 0 Å². The molecule has 0 spiro atoms. The third kappa shape index (κ3) is 2.71. The van der Waals surface area contributed by atoms with Crippen LogP contribution in [0.2, 0.25) is 0 Å². The van der Waals surface area contributed by atoms with Gasteiger partial charge in [0.25, 0.3) is 5.56 Å². The molecule has 3 heterocycles. The normalized spacial score (nSPS) is 15.6. The Hall–Kier alpha value is -2.63. The number of aryl methyl sites for hydroxylation is 1. The van der Waals surface area contributed by atoms with Gasteiger partial charge in [-0.3, -0.25) is 9.59 Å². The monoisotopic (exact) mass is 338 g/mol. The van der Waals surface area contributed by atoms with Crippen LogP contribution in [0.25, 0.3) is 21.8 Å². The molecule has 3 aromatic rings. The molecule has 6 nitrogen and oxygen atoms in total. The second-order valence-electron chi connectivity index (χ2n) is 6.74. The summed E-state index contributed by atoms with van der Waals surface area (Å²) < 4.78 is 3.19. The van der Waals surface area contributed by atoms with Crippen LogP contribution in [0, 0.1) is 0 Å². The molecule has 1 aliphatic rings. The lowest BCUT2D eigenvalue weighted by molar-refractivity contribution is -0.132. The highest BCUT2D eigenvalue weighted by Crippen LogP contribution is 2.24. The predicted molar refractivity (Wildman–Crippen MR) is 97.5 cm³/mol. The zero-order valence-corrected chi connectivity index (χ0v) is 14.4. The number of amides is 1. The lowest BCUT2D eigenvalue weighted by Gasteiger charge is -2.20. The minimum Gasteiger partial charge on any atom is -0.341 e. The zero-order valence-electron chi connectivity index (χ0n) is 14.4. The fourth-order valence-corrected chi connectivity index (χ4v) is 3.77. The first-order chi connectivity index (χ1) is 12.2. The molecule has 1 amide bonds. The van der Waals surface area contributed by atoms with Crippen molar-refractivity contribution in [3.63, 3.8) is 0 Å². The van der Waals surface area contributed by atoms with Crippen molar-refractivity contribution in [2.45, 2.75) is 32.2 Å². The molecule has 2 aromatic heterocycles. The van der Waals surface area contributed by atoms with Crippen LogP contribution in [0.1, 0.15) is 25.7 Å². The average molecular weight is 338 g/mol. The Kier molecular flexibility index (Phi) is 4.03. The quantitative estimate of drug-likeness (QED) is 0.720. The standard InChI is InChI=1S/C19H22N4O2/c1-21-16-9-5-4-8-14(16)15-12-20-23(19(25)18(15)21)13-17(24)22-10-6-2-3-7-11-22/h4-5,8-9,12H,2-3,6-7,10-11,13H2,1H3. The number of hydrogen-bond acceptors (Lipinski definition) is 3. The zero-order chi connectivity index (χ0) is 17.4. The van der Waals surface area contributed by atoms with Crippen LogP contribution in [0.3, 0.4) is 0 Å². The molecular weight excluding hydrogens is 316 g/mol. The van der Waals surface area contributed by atoms with E-state index in [1.54, 1.807) is 6.20 Å². The molecule has 0 bridgehead atoms. The summed E-state index contributed by atoms with van der Waals surface area (Å²) in [5, 5.41) is 6.12. The van der Waals surface area contributed by atoms with Gasteiger partial charge in [0, 0.05) is 36.4 Å². The first-order valence-corrected chi connectivity index (χ1v) is 8.88. The van der Waals surface area contributed by atoms with Crippen LogP contribution in [0.5, 0.6) is 0 Å². The number of hydrogen-bond donors (Lipinski definition) is 0. The molecule has 0 aliphatic carbocycles. The van der Waals surface area contributed by atoms with Gasteiger partial charge >= 0.3 is 0 Å². The van der Waals surface area contributed by atoms with Crippen molar-refractivity contribution in [2.24, 2.45) is 7.05 Å². The predicted octanol–water partition coefficient (Wildman–Crippen LogP) is 2.29. The third-order valence-corrected chi connectivity index (χ3v) is 5.15. The highest BCUT2D eigenvalue weighted by molar-refractivity contribution is 6.07. The molecule has 25 heavy (non-hydrogen) atoms. The third-order valence-electron chi connectivity index (χ3n) is 5.15. The van der Waals surface area contributed by atoms with Gasteiger partial charge in [0.15, 0.2) is 0 Å². The Morgan fingerprint density at radius 3 is 2.56 bits per heavy atom. The van der Waals surface area contributed by atoms with Gasteiger partial charge in [0.2, 0.25) is 5.91 Å². The minimum absolute atomic E-state index is 0.0102. The van der Waals surface area contributed by atoms with E-state index in [9.17, 15) is 9.59 Å². The van der Waals surface area contributed by atoms with Crippen molar-refractivity contribution < 1.29 is 4.79 Å².